The lowest BCUT2D eigenvalue weighted by Crippen LogP contribution is -2.35. The molecule has 14 heavy (non-hydrogen) atoms. The Morgan fingerprint density at radius 2 is 1.79 bits per heavy atom. The highest BCUT2D eigenvalue weighted by Gasteiger charge is 2.17. The summed E-state index contributed by atoms with van der Waals surface area (Å²) in [6.45, 7) is 7.02. The summed E-state index contributed by atoms with van der Waals surface area (Å²) in [5, 5.41) is 7.53. The van der Waals surface area contributed by atoms with E-state index < -0.39 is 0 Å². The van der Waals surface area contributed by atoms with Crippen LogP contribution in [0.4, 0.5) is 0 Å². The molecule has 0 radical (unpaired) electrons. The SMILES string of the molecule is CCC(=O)N1CCCN(C(C)=N)CC1. The lowest BCUT2D eigenvalue weighted by molar-refractivity contribution is -0.130. The molecule has 0 aromatic rings. The summed E-state index contributed by atoms with van der Waals surface area (Å²) in [5.41, 5.74) is 0. The predicted molar refractivity (Wildman–Crippen MR) is 56.5 cm³/mol. The molecule has 0 aliphatic carbocycles. The summed E-state index contributed by atoms with van der Waals surface area (Å²) in [4.78, 5) is 15.4. The minimum Gasteiger partial charge on any atom is -0.359 e. The molecule has 0 saturated carbocycles. The summed E-state index contributed by atoms with van der Waals surface area (Å²) in [7, 11) is 0. The molecule has 1 amide bonds. The number of hydrogen-bond donors (Lipinski definition) is 1. The van der Waals surface area contributed by atoms with E-state index >= 15 is 0 Å². The van der Waals surface area contributed by atoms with Crippen molar-refractivity contribution in [2.24, 2.45) is 0 Å². The molecular formula is C10H19N3O. The minimum absolute atomic E-state index is 0.231. The Hall–Kier alpha value is -1.06. The molecule has 0 spiro atoms. The van der Waals surface area contributed by atoms with Crippen LogP contribution in [0.1, 0.15) is 26.7 Å². The molecule has 1 N–H and O–H groups in total. The molecule has 4 nitrogen and oxygen atoms in total. The van der Waals surface area contributed by atoms with E-state index in [-0.39, 0.29) is 5.91 Å². The zero-order chi connectivity index (χ0) is 10.6. The second-order valence-corrected chi connectivity index (χ2v) is 3.66. The average molecular weight is 197 g/mol. The molecule has 4 heteroatoms. The summed E-state index contributed by atoms with van der Waals surface area (Å²) >= 11 is 0. The van der Waals surface area contributed by atoms with Gasteiger partial charge >= 0.3 is 0 Å². The molecule has 1 aliphatic rings. The Morgan fingerprint density at radius 1 is 1.21 bits per heavy atom. The third kappa shape index (κ3) is 2.72. The zero-order valence-corrected chi connectivity index (χ0v) is 9.05. The van der Waals surface area contributed by atoms with Crippen LogP contribution in [0.3, 0.4) is 0 Å². The molecule has 1 heterocycles. The molecule has 80 valence electrons. The smallest absolute Gasteiger partial charge is 0.222 e. The number of rotatable bonds is 1. The highest BCUT2D eigenvalue weighted by Crippen LogP contribution is 2.04. The van der Waals surface area contributed by atoms with Crippen LogP contribution in [0.2, 0.25) is 0 Å². The monoisotopic (exact) mass is 197 g/mol. The van der Waals surface area contributed by atoms with E-state index in [1.807, 2.05) is 16.7 Å². The third-order valence-electron chi connectivity index (χ3n) is 2.63. The summed E-state index contributed by atoms with van der Waals surface area (Å²) in [6, 6.07) is 0. The lowest BCUT2D eigenvalue weighted by atomic mass is 10.3. The van der Waals surface area contributed by atoms with Gasteiger partial charge in [-0.25, -0.2) is 0 Å². The number of carbonyl (C=O) groups is 1. The number of hydrogen-bond acceptors (Lipinski definition) is 2. The van der Waals surface area contributed by atoms with Crippen molar-refractivity contribution in [1.82, 2.24) is 9.80 Å². The first-order valence-corrected chi connectivity index (χ1v) is 5.23. The van der Waals surface area contributed by atoms with E-state index in [4.69, 9.17) is 5.41 Å². The Morgan fingerprint density at radius 3 is 2.36 bits per heavy atom. The zero-order valence-electron chi connectivity index (χ0n) is 9.05. The van der Waals surface area contributed by atoms with Crippen molar-refractivity contribution in [1.29, 1.82) is 5.41 Å². The first kappa shape index (κ1) is 11.0. The second kappa shape index (κ2) is 4.98. The summed E-state index contributed by atoms with van der Waals surface area (Å²) in [6.07, 6.45) is 1.56. The van der Waals surface area contributed by atoms with Gasteiger partial charge in [0.25, 0.3) is 0 Å². The molecule has 0 atom stereocenters. The van der Waals surface area contributed by atoms with Gasteiger partial charge in [-0.15, -0.1) is 0 Å². The quantitative estimate of drug-likeness (QED) is 0.502. The van der Waals surface area contributed by atoms with Gasteiger partial charge < -0.3 is 9.80 Å². The van der Waals surface area contributed by atoms with E-state index in [0.717, 1.165) is 32.6 Å². The van der Waals surface area contributed by atoms with Crippen LogP contribution >= 0.6 is 0 Å². The van der Waals surface area contributed by atoms with Crippen LogP contribution < -0.4 is 0 Å². The normalized spacial score (nSPS) is 17.9. The van der Waals surface area contributed by atoms with Crippen LogP contribution in [0.5, 0.6) is 0 Å². The molecule has 0 unspecified atom stereocenters. The molecule has 1 saturated heterocycles. The highest BCUT2D eigenvalue weighted by molar-refractivity contribution is 5.77. The van der Waals surface area contributed by atoms with Crippen LogP contribution in [0, 0.1) is 5.41 Å². The Balaban J connectivity index is 2.48. The van der Waals surface area contributed by atoms with Gasteiger partial charge in [-0.2, -0.15) is 0 Å². The largest absolute Gasteiger partial charge is 0.359 e. The summed E-state index contributed by atoms with van der Waals surface area (Å²) in [5.74, 6) is 0.838. The van der Waals surface area contributed by atoms with Crippen molar-refractivity contribution in [3.8, 4) is 0 Å². The fraction of sp³-hybridized carbons (Fsp3) is 0.800. The maximum Gasteiger partial charge on any atom is 0.222 e. The van der Waals surface area contributed by atoms with Gasteiger partial charge in [-0.3, -0.25) is 10.2 Å². The standard InChI is InChI=1S/C10H19N3O/c1-3-10(14)13-6-4-5-12(7-8-13)9(2)11/h11H,3-8H2,1-2H3. The van der Waals surface area contributed by atoms with Gasteiger partial charge in [0.1, 0.15) is 0 Å². The van der Waals surface area contributed by atoms with E-state index in [9.17, 15) is 4.79 Å². The Labute approximate surface area is 85.4 Å². The number of carbonyl (C=O) groups excluding carboxylic acids is 1. The van der Waals surface area contributed by atoms with Gasteiger partial charge in [0.2, 0.25) is 5.91 Å². The van der Waals surface area contributed by atoms with Crippen molar-refractivity contribution in [3.05, 3.63) is 0 Å². The maximum atomic E-state index is 11.4. The van der Waals surface area contributed by atoms with Crippen molar-refractivity contribution < 1.29 is 4.79 Å². The van der Waals surface area contributed by atoms with Gasteiger partial charge in [-0.05, 0) is 13.3 Å². The van der Waals surface area contributed by atoms with E-state index in [1.165, 1.54) is 0 Å². The van der Waals surface area contributed by atoms with E-state index in [2.05, 4.69) is 0 Å². The second-order valence-electron chi connectivity index (χ2n) is 3.66. The molecule has 0 aromatic heterocycles. The average Bonchev–Trinajstić information content (AvgIpc) is 2.41. The fourth-order valence-electron chi connectivity index (χ4n) is 1.73. The van der Waals surface area contributed by atoms with Crippen LogP contribution in [-0.4, -0.2) is 47.7 Å². The van der Waals surface area contributed by atoms with E-state index in [1.54, 1.807) is 6.92 Å². The van der Waals surface area contributed by atoms with Crippen molar-refractivity contribution in [3.63, 3.8) is 0 Å². The van der Waals surface area contributed by atoms with Gasteiger partial charge in [0.15, 0.2) is 0 Å². The van der Waals surface area contributed by atoms with Gasteiger partial charge in [0.05, 0.1) is 5.84 Å². The molecule has 1 rings (SSSR count). The van der Waals surface area contributed by atoms with Crippen LogP contribution in [-0.2, 0) is 4.79 Å². The molecule has 0 bridgehead atoms. The van der Waals surface area contributed by atoms with Gasteiger partial charge in [0, 0.05) is 32.6 Å². The molecule has 1 aliphatic heterocycles. The number of nitrogens with zero attached hydrogens (tertiary/aromatic N) is 2. The van der Waals surface area contributed by atoms with Crippen molar-refractivity contribution in [2.45, 2.75) is 26.7 Å². The van der Waals surface area contributed by atoms with Gasteiger partial charge in [-0.1, -0.05) is 6.92 Å². The maximum absolute atomic E-state index is 11.4. The summed E-state index contributed by atoms with van der Waals surface area (Å²) < 4.78 is 0. The van der Waals surface area contributed by atoms with E-state index in [0.29, 0.717) is 12.3 Å². The number of nitrogens with one attached hydrogen (secondary N) is 1. The van der Waals surface area contributed by atoms with Crippen molar-refractivity contribution in [2.75, 3.05) is 26.2 Å². The lowest BCUT2D eigenvalue weighted by Gasteiger charge is -2.22. The topological polar surface area (TPSA) is 47.4 Å². The predicted octanol–water partition coefficient (Wildman–Crippen LogP) is 0.928. The Bertz CT molecular complexity index is 227. The highest BCUT2D eigenvalue weighted by atomic mass is 16.2. The fourth-order valence-corrected chi connectivity index (χ4v) is 1.73. The van der Waals surface area contributed by atoms with Crippen LogP contribution in [0.25, 0.3) is 0 Å². The van der Waals surface area contributed by atoms with Crippen LogP contribution in [0.15, 0.2) is 0 Å². The molecule has 1 fully saturated rings. The Kier molecular flexibility index (Phi) is 3.92. The number of amides is 1. The first-order chi connectivity index (χ1) is 6.65. The molecular weight excluding hydrogens is 178 g/mol. The minimum atomic E-state index is 0.231. The number of amidine groups is 1. The third-order valence-corrected chi connectivity index (χ3v) is 2.63. The first-order valence-electron chi connectivity index (χ1n) is 5.23. The molecule has 0 aromatic carbocycles. The van der Waals surface area contributed by atoms with Crippen molar-refractivity contribution >= 4 is 11.7 Å².